The van der Waals surface area contributed by atoms with Crippen molar-refractivity contribution in [3.63, 3.8) is 0 Å². The Labute approximate surface area is 112 Å². The third-order valence-electron chi connectivity index (χ3n) is 3.32. The fourth-order valence-corrected chi connectivity index (χ4v) is 2.44. The molecule has 2 rings (SSSR count). The van der Waals surface area contributed by atoms with E-state index < -0.39 is 5.82 Å². The third kappa shape index (κ3) is 2.54. The van der Waals surface area contributed by atoms with Crippen molar-refractivity contribution < 1.29 is 9.13 Å². The van der Waals surface area contributed by atoms with Crippen molar-refractivity contribution in [2.75, 3.05) is 23.8 Å². The van der Waals surface area contributed by atoms with E-state index in [4.69, 9.17) is 22.1 Å². The smallest absolute Gasteiger partial charge is 0.143 e. The molecule has 0 aromatic heterocycles. The van der Waals surface area contributed by atoms with Gasteiger partial charge in [-0.25, -0.2) is 4.39 Å². The number of nitrogens with two attached hydrogens (primary N) is 1. The van der Waals surface area contributed by atoms with Crippen LogP contribution in [0.15, 0.2) is 12.1 Å². The number of halogens is 2. The molecule has 1 aromatic carbocycles. The number of nitrogens with zero attached hydrogens (tertiary/aromatic N) is 1. The molecule has 2 atom stereocenters. The van der Waals surface area contributed by atoms with Gasteiger partial charge in [0.2, 0.25) is 0 Å². The standard InChI is InChI=1S/C13H18ClFN2O/c1-3-9-7-18-8(2)6-17(9)13-4-10(14)11(15)5-12(13)16/h4-5,8-9H,3,6-7,16H2,1-2H3. The summed E-state index contributed by atoms with van der Waals surface area (Å²) in [5, 5.41) is 0.105. The summed E-state index contributed by atoms with van der Waals surface area (Å²) in [5.74, 6) is -0.479. The number of rotatable bonds is 2. The molecule has 0 saturated carbocycles. The van der Waals surface area contributed by atoms with Crippen molar-refractivity contribution in [2.45, 2.75) is 32.4 Å². The lowest BCUT2D eigenvalue weighted by Gasteiger charge is -2.40. The molecule has 1 fully saturated rings. The first-order valence-electron chi connectivity index (χ1n) is 6.15. The van der Waals surface area contributed by atoms with Crippen LogP contribution in [0.4, 0.5) is 15.8 Å². The summed E-state index contributed by atoms with van der Waals surface area (Å²) in [5.41, 5.74) is 7.12. The van der Waals surface area contributed by atoms with Crippen molar-refractivity contribution >= 4 is 23.0 Å². The largest absolute Gasteiger partial charge is 0.397 e. The molecule has 3 nitrogen and oxygen atoms in total. The maximum Gasteiger partial charge on any atom is 0.143 e. The number of ether oxygens (including phenoxy) is 1. The molecule has 1 aliphatic heterocycles. The van der Waals surface area contributed by atoms with Crippen LogP contribution in [-0.4, -0.2) is 25.3 Å². The van der Waals surface area contributed by atoms with Gasteiger partial charge >= 0.3 is 0 Å². The molecule has 1 aliphatic rings. The highest BCUT2D eigenvalue weighted by atomic mass is 35.5. The molecule has 0 spiro atoms. The van der Waals surface area contributed by atoms with Crippen molar-refractivity contribution in [1.82, 2.24) is 0 Å². The second-order valence-corrected chi connectivity index (χ2v) is 5.09. The normalized spacial score (nSPS) is 24.3. The molecule has 100 valence electrons. The molecule has 1 aromatic rings. The van der Waals surface area contributed by atoms with Gasteiger partial charge in [0.05, 0.1) is 35.2 Å². The highest BCUT2D eigenvalue weighted by molar-refractivity contribution is 6.31. The van der Waals surface area contributed by atoms with E-state index in [1.165, 1.54) is 6.07 Å². The Bertz CT molecular complexity index is 441. The van der Waals surface area contributed by atoms with Gasteiger partial charge in [-0.15, -0.1) is 0 Å². The summed E-state index contributed by atoms with van der Waals surface area (Å²) in [7, 11) is 0. The van der Waals surface area contributed by atoms with Crippen LogP contribution >= 0.6 is 11.6 Å². The Balaban J connectivity index is 2.36. The average Bonchev–Trinajstić information content (AvgIpc) is 2.34. The third-order valence-corrected chi connectivity index (χ3v) is 3.61. The lowest BCUT2D eigenvalue weighted by Crippen LogP contribution is -2.49. The first-order chi connectivity index (χ1) is 8.52. The fourth-order valence-electron chi connectivity index (χ4n) is 2.28. The van der Waals surface area contributed by atoms with E-state index in [9.17, 15) is 4.39 Å². The van der Waals surface area contributed by atoms with Crippen LogP contribution in [0.2, 0.25) is 5.02 Å². The van der Waals surface area contributed by atoms with E-state index in [0.29, 0.717) is 12.3 Å². The molecule has 2 N–H and O–H groups in total. The summed E-state index contributed by atoms with van der Waals surface area (Å²) < 4.78 is 19.0. The van der Waals surface area contributed by atoms with Gasteiger partial charge in [0.15, 0.2) is 0 Å². The monoisotopic (exact) mass is 272 g/mol. The minimum atomic E-state index is -0.479. The predicted octanol–water partition coefficient (Wildman–Crippen LogP) is 3.07. The number of hydrogen-bond donors (Lipinski definition) is 1. The number of hydrogen-bond acceptors (Lipinski definition) is 3. The predicted molar refractivity (Wildman–Crippen MR) is 72.7 cm³/mol. The molecule has 1 saturated heterocycles. The van der Waals surface area contributed by atoms with Crippen molar-refractivity contribution in [3.8, 4) is 0 Å². The molecule has 0 bridgehead atoms. The zero-order valence-corrected chi connectivity index (χ0v) is 11.4. The van der Waals surface area contributed by atoms with Gasteiger partial charge < -0.3 is 15.4 Å². The van der Waals surface area contributed by atoms with Crippen LogP contribution in [0.5, 0.6) is 0 Å². The van der Waals surface area contributed by atoms with E-state index in [-0.39, 0.29) is 17.2 Å². The summed E-state index contributed by atoms with van der Waals surface area (Å²) in [6, 6.07) is 3.14. The van der Waals surface area contributed by atoms with Crippen LogP contribution in [0, 0.1) is 5.82 Å². The van der Waals surface area contributed by atoms with Gasteiger partial charge in [-0.3, -0.25) is 0 Å². The quantitative estimate of drug-likeness (QED) is 0.841. The fraction of sp³-hybridized carbons (Fsp3) is 0.538. The minimum absolute atomic E-state index is 0.105. The zero-order valence-electron chi connectivity index (χ0n) is 10.6. The van der Waals surface area contributed by atoms with E-state index in [1.54, 1.807) is 6.07 Å². The second-order valence-electron chi connectivity index (χ2n) is 4.68. The van der Waals surface area contributed by atoms with Gasteiger partial charge in [0.25, 0.3) is 0 Å². The highest BCUT2D eigenvalue weighted by Crippen LogP contribution is 2.32. The van der Waals surface area contributed by atoms with E-state index in [2.05, 4.69) is 11.8 Å². The SMILES string of the molecule is CCC1COC(C)CN1c1cc(Cl)c(F)cc1N. The van der Waals surface area contributed by atoms with E-state index >= 15 is 0 Å². The Morgan fingerprint density at radius 1 is 1.56 bits per heavy atom. The Morgan fingerprint density at radius 2 is 2.28 bits per heavy atom. The topological polar surface area (TPSA) is 38.5 Å². The first-order valence-corrected chi connectivity index (χ1v) is 6.53. The molecule has 0 aliphatic carbocycles. The van der Waals surface area contributed by atoms with Crippen molar-refractivity contribution in [2.24, 2.45) is 0 Å². The van der Waals surface area contributed by atoms with Gasteiger partial charge in [0, 0.05) is 12.6 Å². The molecular weight excluding hydrogens is 255 g/mol. The van der Waals surface area contributed by atoms with Crippen LogP contribution in [-0.2, 0) is 4.74 Å². The lowest BCUT2D eigenvalue weighted by atomic mass is 10.1. The van der Waals surface area contributed by atoms with Gasteiger partial charge in [-0.1, -0.05) is 18.5 Å². The summed E-state index contributed by atoms with van der Waals surface area (Å²) in [6.45, 7) is 5.51. The van der Waals surface area contributed by atoms with E-state index in [0.717, 1.165) is 18.7 Å². The Kier molecular flexibility index (Phi) is 3.97. The molecule has 0 radical (unpaired) electrons. The summed E-state index contributed by atoms with van der Waals surface area (Å²) in [4.78, 5) is 2.16. The maximum absolute atomic E-state index is 13.3. The Hall–Kier alpha value is -1.00. The van der Waals surface area contributed by atoms with Crippen LogP contribution in [0.1, 0.15) is 20.3 Å². The second kappa shape index (κ2) is 5.33. The maximum atomic E-state index is 13.3. The van der Waals surface area contributed by atoms with E-state index in [1.807, 2.05) is 6.92 Å². The zero-order chi connectivity index (χ0) is 13.3. The van der Waals surface area contributed by atoms with Gasteiger partial charge in [-0.05, 0) is 19.4 Å². The molecular formula is C13H18ClFN2O. The van der Waals surface area contributed by atoms with Crippen LogP contribution in [0.3, 0.4) is 0 Å². The number of morpholine rings is 1. The first kappa shape index (κ1) is 13.4. The Morgan fingerprint density at radius 3 is 2.94 bits per heavy atom. The van der Waals surface area contributed by atoms with Crippen LogP contribution in [0.25, 0.3) is 0 Å². The average molecular weight is 273 g/mol. The lowest BCUT2D eigenvalue weighted by molar-refractivity contribution is 0.0300. The molecule has 2 unspecified atom stereocenters. The van der Waals surface area contributed by atoms with Crippen molar-refractivity contribution in [3.05, 3.63) is 23.0 Å². The number of benzene rings is 1. The summed E-state index contributed by atoms with van der Waals surface area (Å²) >= 11 is 5.84. The molecule has 5 heteroatoms. The van der Waals surface area contributed by atoms with Gasteiger partial charge in [-0.2, -0.15) is 0 Å². The number of nitrogen functional groups attached to an aromatic ring is 1. The van der Waals surface area contributed by atoms with Gasteiger partial charge in [0.1, 0.15) is 5.82 Å². The highest BCUT2D eigenvalue weighted by Gasteiger charge is 2.27. The summed E-state index contributed by atoms with van der Waals surface area (Å²) in [6.07, 6.45) is 1.08. The molecule has 1 heterocycles. The molecule has 18 heavy (non-hydrogen) atoms. The van der Waals surface area contributed by atoms with Crippen molar-refractivity contribution in [1.29, 1.82) is 0 Å². The molecule has 0 amide bonds. The van der Waals surface area contributed by atoms with Crippen LogP contribution < -0.4 is 10.6 Å². The minimum Gasteiger partial charge on any atom is -0.397 e. The number of anilines is 2.